The first-order valence-electron chi connectivity index (χ1n) is 6.05. The van der Waals surface area contributed by atoms with Crippen molar-refractivity contribution in [1.82, 2.24) is 9.97 Å². The summed E-state index contributed by atoms with van der Waals surface area (Å²) in [4.78, 5) is 28.5. The lowest BCUT2D eigenvalue weighted by molar-refractivity contribution is -0.385. The van der Waals surface area contributed by atoms with Gasteiger partial charge in [-0.15, -0.1) is 0 Å². The molecule has 0 aliphatic carbocycles. The highest BCUT2D eigenvalue weighted by atomic mass is 16.6. The molecular weight excluding hydrogens is 266 g/mol. The second-order valence-electron chi connectivity index (χ2n) is 4.43. The van der Waals surface area contributed by atoms with E-state index in [0.717, 1.165) is 0 Å². The standard InChI is InChI=1S/C12H11N3O5/c16-12-8-3-10(15(17)18)11(4-9(8)13-6-14-12)20-7-1-2-19-5-7/h3-4,6-7H,1-2,5H2,(H,13,14,16)/t7-/m0/s1. The summed E-state index contributed by atoms with van der Waals surface area (Å²) in [7, 11) is 0. The first kappa shape index (κ1) is 12.5. The maximum atomic E-state index is 11.6. The second-order valence-corrected chi connectivity index (χ2v) is 4.43. The number of aromatic nitrogens is 2. The number of hydrogen-bond acceptors (Lipinski definition) is 6. The van der Waals surface area contributed by atoms with Crippen LogP contribution in [0.3, 0.4) is 0 Å². The zero-order valence-electron chi connectivity index (χ0n) is 10.4. The van der Waals surface area contributed by atoms with E-state index >= 15 is 0 Å². The van der Waals surface area contributed by atoms with Crippen LogP contribution in [0.2, 0.25) is 0 Å². The van der Waals surface area contributed by atoms with Crippen molar-refractivity contribution in [2.75, 3.05) is 13.2 Å². The lowest BCUT2D eigenvalue weighted by Gasteiger charge is -2.12. The summed E-state index contributed by atoms with van der Waals surface area (Å²) in [6.07, 6.45) is 1.71. The Morgan fingerprint density at radius 2 is 2.35 bits per heavy atom. The molecule has 1 aliphatic rings. The Kier molecular flexibility index (Phi) is 3.07. The quantitative estimate of drug-likeness (QED) is 0.662. The summed E-state index contributed by atoms with van der Waals surface area (Å²) < 4.78 is 10.8. The van der Waals surface area contributed by atoms with Gasteiger partial charge in [-0.25, -0.2) is 4.98 Å². The van der Waals surface area contributed by atoms with E-state index in [-0.39, 0.29) is 22.9 Å². The lowest BCUT2D eigenvalue weighted by Crippen LogP contribution is -2.17. The highest BCUT2D eigenvalue weighted by Gasteiger charge is 2.24. The monoisotopic (exact) mass is 277 g/mol. The van der Waals surface area contributed by atoms with Gasteiger partial charge in [0, 0.05) is 18.6 Å². The fourth-order valence-electron chi connectivity index (χ4n) is 2.11. The fourth-order valence-corrected chi connectivity index (χ4v) is 2.11. The number of nitrogens with one attached hydrogen (secondary N) is 1. The predicted octanol–water partition coefficient (Wildman–Crippen LogP) is 0.999. The Hall–Kier alpha value is -2.48. The normalized spacial score (nSPS) is 18.3. The van der Waals surface area contributed by atoms with Crippen molar-refractivity contribution in [1.29, 1.82) is 0 Å². The van der Waals surface area contributed by atoms with Crippen LogP contribution in [0.1, 0.15) is 6.42 Å². The molecule has 1 fully saturated rings. The van der Waals surface area contributed by atoms with Crippen molar-refractivity contribution < 1.29 is 14.4 Å². The number of nitrogens with zero attached hydrogens (tertiary/aromatic N) is 2. The topological polar surface area (TPSA) is 107 Å². The SMILES string of the molecule is O=c1[nH]cnc2cc(O[C@H]3CCOC3)c([N+](=O)[O-])cc12. The van der Waals surface area contributed by atoms with Gasteiger partial charge in [-0.1, -0.05) is 0 Å². The van der Waals surface area contributed by atoms with Crippen LogP contribution in [-0.2, 0) is 4.74 Å². The van der Waals surface area contributed by atoms with E-state index in [1.54, 1.807) is 0 Å². The van der Waals surface area contributed by atoms with Gasteiger partial charge in [-0.05, 0) is 0 Å². The molecule has 2 heterocycles. The summed E-state index contributed by atoms with van der Waals surface area (Å²) in [5, 5.41) is 11.3. The van der Waals surface area contributed by atoms with Crippen LogP contribution in [0.25, 0.3) is 10.9 Å². The first-order valence-corrected chi connectivity index (χ1v) is 6.05. The smallest absolute Gasteiger partial charge is 0.311 e. The van der Waals surface area contributed by atoms with Gasteiger partial charge in [0.1, 0.15) is 6.10 Å². The summed E-state index contributed by atoms with van der Waals surface area (Å²) in [6.45, 7) is 0.974. The van der Waals surface area contributed by atoms with Crippen molar-refractivity contribution in [3.05, 3.63) is 38.9 Å². The van der Waals surface area contributed by atoms with E-state index < -0.39 is 10.5 Å². The molecule has 0 amide bonds. The first-order chi connectivity index (χ1) is 9.65. The van der Waals surface area contributed by atoms with Crippen molar-refractivity contribution in [2.24, 2.45) is 0 Å². The molecule has 0 radical (unpaired) electrons. The number of aromatic amines is 1. The maximum absolute atomic E-state index is 11.6. The number of nitro benzene ring substituents is 1. The minimum Gasteiger partial charge on any atom is -0.481 e. The molecule has 3 rings (SSSR count). The van der Waals surface area contributed by atoms with Crippen LogP contribution in [0.5, 0.6) is 5.75 Å². The van der Waals surface area contributed by atoms with Gasteiger partial charge < -0.3 is 14.5 Å². The number of nitro groups is 1. The van der Waals surface area contributed by atoms with Crippen molar-refractivity contribution >= 4 is 16.6 Å². The molecule has 0 saturated carbocycles. The van der Waals surface area contributed by atoms with Gasteiger partial charge in [0.2, 0.25) is 0 Å². The molecule has 1 aliphatic heterocycles. The minimum atomic E-state index is -0.572. The zero-order chi connectivity index (χ0) is 14.1. The number of H-pyrrole nitrogens is 1. The van der Waals surface area contributed by atoms with Crippen LogP contribution in [0, 0.1) is 10.1 Å². The molecule has 20 heavy (non-hydrogen) atoms. The Morgan fingerprint density at radius 1 is 1.50 bits per heavy atom. The third-order valence-corrected chi connectivity index (χ3v) is 3.10. The Bertz CT molecular complexity index is 721. The molecule has 1 N–H and O–H groups in total. The molecule has 1 atom stereocenters. The summed E-state index contributed by atoms with van der Waals surface area (Å²) >= 11 is 0. The second kappa shape index (κ2) is 4.89. The molecule has 1 saturated heterocycles. The van der Waals surface area contributed by atoms with Gasteiger partial charge in [-0.2, -0.15) is 0 Å². The van der Waals surface area contributed by atoms with Crippen molar-refractivity contribution in [3.8, 4) is 5.75 Å². The molecule has 2 aromatic rings. The van der Waals surface area contributed by atoms with Gasteiger partial charge in [0.15, 0.2) is 5.75 Å². The summed E-state index contributed by atoms with van der Waals surface area (Å²) in [6, 6.07) is 2.60. The van der Waals surface area contributed by atoms with Crippen LogP contribution in [0.15, 0.2) is 23.3 Å². The Labute approximate surface area is 112 Å². The van der Waals surface area contributed by atoms with Crippen LogP contribution in [-0.4, -0.2) is 34.2 Å². The Balaban J connectivity index is 2.11. The average molecular weight is 277 g/mol. The van der Waals surface area contributed by atoms with E-state index in [1.807, 2.05) is 0 Å². The third kappa shape index (κ3) is 2.21. The van der Waals surface area contributed by atoms with E-state index in [1.165, 1.54) is 18.5 Å². The van der Waals surface area contributed by atoms with Crippen LogP contribution in [0.4, 0.5) is 5.69 Å². The number of rotatable bonds is 3. The van der Waals surface area contributed by atoms with E-state index in [9.17, 15) is 14.9 Å². The van der Waals surface area contributed by atoms with Gasteiger partial charge in [0.05, 0.1) is 35.4 Å². The molecule has 0 spiro atoms. The molecule has 1 aromatic heterocycles. The molecule has 8 heteroatoms. The Morgan fingerprint density at radius 3 is 3.05 bits per heavy atom. The van der Waals surface area contributed by atoms with Gasteiger partial charge in [-0.3, -0.25) is 14.9 Å². The molecular formula is C12H11N3O5. The largest absolute Gasteiger partial charge is 0.481 e. The third-order valence-electron chi connectivity index (χ3n) is 3.10. The molecule has 0 bridgehead atoms. The van der Waals surface area contributed by atoms with E-state index in [4.69, 9.17) is 9.47 Å². The lowest BCUT2D eigenvalue weighted by atomic mass is 10.2. The zero-order valence-corrected chi connectivity index (χ0v) is 10.4. The molecule has 1 aromatic carbocycles. The molecule has 0 unspecified atom stereocenters. The molecule has 104 valence electrons. The van der Waals surface area contributed by atoms with Crippen molar-refractivity contribution in [3.63, 3.8) is 0 Å². The number of fused-ring (bicyclic) bond motifs is 1. The summed E-state index contributed by atoms with van der Waals surface area (Å²) in [5.41, 5.74) is -0.315. The van der Waals surface area contributed by atoms with Crippen LogP contribution < -0.4 is 10.3 Å². The van der Waals surface area contributed by atoms with Crippen molar-refractivity contribution in [2.45, 2.75) is 12.5 Å². The number of benzene rings is 1. The molecule has 8 nitrogen and oxygen atoms in total. The van der Waals surface area contributed by atoms with Gasteiger partial charge >= 0.3 is 5.69 Å². The minimum absolute atomic E-state index is 0.108. The predicted molar refractivity (Wildman–Crippen MR) is 68.9 cm³/mol. The van der Waals surface area contributed by atoms with Crippen LogP contribution >= 0.6 is 0 Å². The van der Waals surface area contributed by atoms with Gasteiger partial charge in [0.25, 0.3) is 5.56 Å². The highest BCUT2D eigenvalue weighted by molar-refractivity contribution is 5.82. The number of hydrogen-bond donors (Lipinski definition) is 1. The highest BCUT2D eigenvalue weighted by Crippen LogP contribution is 2.31. The maximum Gasteiger partial charge on any atom is 0.311 e. The van der Waals surface area contributed by atoms with E-state index in [0.29, 0.717) is 25.2 Å². The number of ether oxygens (including phenoxy) is 2. The average Bonchev–Trinajstić information content (AvgIpc) is 2.91. The summed E-state index contributed by atoms with van der Waals surface area (Å²) in [5.74, 6) is 0.108. The fraction of sp³-hybridized carbons (Fsp3) is 0.333. The van der Waals surface area contributed by atoms with E-state index in [2.05, 4.69) is 9.97 Å².